The number of pyridine rings is 1. The number of hydrogen-bond donors (Lipinski definition) is 1. The molecule has 2 heterocycles. The van der Waals surface area contributed by atoms with Crippen molar-refractivity contribution < 1.29 is 4.74 Å². The van der Waals surface area contributed by atoms with Gasteiger partial charge in [0.05, 0.1) is 24.1 Å². The van der Waals surface area contributed by atoms with Crippen LogP contribution in [0.5, 0.6) is 0 Å². The van der Waals surface area contributed by atoms with Crippen molar-refractivity contribution in [1.29, 1.82) is 0 Å². The van der Waals surface area contributed by atoms with Crippen LogP contribution in [0.25, 0.3) is 0 Å². The molecule has 0 saturated carbocycles. The SMILES string of the molecule is CC(C)c1nccc(C2CCO2)c1N. The molecule has 2 N–H and O–H groups in total. The minimum Gasteiger partial charge on any atom is -0.397 e. The van der Waals surface area contributed by atoms with Crippen molar-refractivity contribution in [2.45, 2.75) is 32.3 Å². The molecular formula is C11H16N2O. The first kappa shape index (κ1) is 9.46. The summed E-state index contributed by atoms with van der Waals surface area (Å²) in [7, 11) is 0. The van der Waals surface area contributed by atoms with Crippen LogP contribution in [0.1, 0.15) is 43.5 Å². The smallest absolute Gasteiger partial charge is 0.0867 e. The molecule has 3 nitrogen and oxygen atoms in total. The van der Waals surface area contributed by atoms with E-state index in [1.807, 2.05) is 12.3 Å². The molecule has 1 fully saturated rings. The van der Waals surface area contributed by atoms with E-state index in [4.69, 9.17) is 10.5 Å². The third-order valence-electron chi connectivity index (χ3n) is 2.65. The van der Waals surface area contributed by atoms with Crippen molar-refractivity contribution in [1.82, 2.24) is 4.98 Å². The maximum Gasteiger partial charge on any atom is 0.0867 e. The molecule has 0 aliphatic carbocycles. The van der Waals surface area contributed by atoms with E-state index in [0.717, 1.165) is 30.0 Å². The molecule has 0 spiro atoms. The maximum atomic E-state index is 6.05. The fourth-order valence-electron chi connectivity index (χ4n) is 1.73. The standard InChI is InChI=1S/C11H16N2O/c1-7(2)11-10(12)8(3-5-13-11)9-4-6-14-9/h3,5,7,9H,4,6,12H2,1-2H3. The second-order valence-electron chi connectivity index (χ2n) is 4.00. The third-order valence-corrected chi connectivity index (χ3v) is 2.65. The summed E-state index contributed by atoms with van der Waals surface area (Å²) in [6.07, 6.45) is 3.10. The Hall–Kier alpha value is -1.09. The average Bonchev–Trinajstić information content (AvgIpc) is 2.04. The lowest BCUT2D eigenvalue weighted by Gasteiger charge is -2.28. The molecule has 0 bridgehead atoms. The van der Waals surface area contributed by atoms with Crippen LogP contribution in [-0.4, -0.2) is 11.6 Å². The average molecular weight is 192 g/mol. The van der Waals surface area contributed by atoms with Gasteiger partial charge in [-0.15, -0.1) is 0 Å². The van der Waals surface area contributed by atoms with E-state index in [-0.39, 0.29) is 6.10 Å². The van der Waals surface area contributed by atoms with E-state index in [1.54, 1.807) is 0 Å². The predicted molar refractivity (Wildman–Crippen MR) is 56.0 cm³/mol. The van der Waals surface area contributed by atoms with Crippen LogP contribution in [0.4, 0.5) is 5.69 Å². The van der Waals surface area contributed by atoms with E-state index in [0.29, 0.717) is 5.92 Å². The Morgan fingerprint density at radius 1 is 1.57 bits per heavy atom. The molecule has 14 heavy (non-hydrogen) atoms. The number of nitrogens with two attached hydrogens (primary N) is 1. The Morgan fingerprint density at radius 2 is 2.29 bits per heavy atom. The molecule has 1 unspecified atom stereocenters. The van der Waals surface area contributed by atoms with Gasteiger partial charge in [-0.05, 0) is 12.0 Å². The Balaban J connectivity index is 2.35. The third kappa shape index (κ3) is 1.48. The molecule has 1 aliphatic heterocycles. The van der Waals surface area contributed by atoms with Crippen molar-refractivity contribution >= 4 is 5.69 Å². The molecule has 76 valence electrons. The fourth-order valence-corrected chi connectivity index (χ4v) is 1.73. The lowest BCUT2D eigenvalue weighted by atomic mass is 9.98. The molecule has 0 aromatic carbocycles. The number of rotatable bonds is 2. The van der Waals surface area contributed by atoms with E-state index < -0.39 is 0 Å². The van der Waals surface area contributed by atoms with Crippen molar-refractivity contribution in [3.05, 3.63) is 23.5 Å². The summed E-state index contributed by atoms with van der Waals surface area (Å²) in [5.41, 5.74) is 8.96. The van der Waals surface area contributed by atoms with Gasteiger partial charge in [-0.1, -0.05) is 13.8 Å². The van der Waals surface area contributed by atoms with Crippen LogP contribution in [0.2, 0.25) is 0 Å². The summed E-state index contributed by atoms with van der Waals surface area (Å²) in [6, 6.07) is 1.96. The Kier molecular flexibility index (Phi) is 2.42. The molecule has 1 aromatic rings. The molecule has 1 atom stereocenters. The van der Waals surface area contributed by atoms with Gasteiger partial charge in [0, 0.05) is 18.2 Å². The summed E-state index contributed by atoms with van der Waals surface area (Å²) in [5.74, 6) is 0.370. The largest absolute Gasteiger partial charge is 0.397 e. The molecule has 1 aromatic heterocycles. The first-order chi connectivity index (χ1) is 6.70. The van der Waals surface area contributed by atoms with Gasteiger partial charge in [0.2, 0.25) is 0 Å². The van der Waals surface area contributed by atoms with Crippen molar-refractivity contribution in [3.8, 4) is 0 Å². The first-order valence-electron chi connectivity index (χ1n) is 5.06. The molecule has 1 aliphatic rings. The molecular weight excluding hydrogens is 176 g/mol. The number of ether oxygens (including phenoxy) is 1. The van der Waals surface area contributed by atoms with Crippen LogP contribution in [-0.2, 0) is 4.74 Å². The topological polar surface area (TPSA) is 48.1 Å². The highest BCUT2D eigenvalue weighted by atomic mass is 16.5. The van der Waals surface area contributed by atoms with Crippen LogP contribution >= 0.6 is 0 Å². The van der Waals surface area contributed by atoms with Gasteiger partial charge in [0.25, 0.3) is 0 Å². The van der Waals surface area contributed by atoms with Crippen molar-refractivity contribution in [2.75, 3.05) is 12.3 Å². The highest BCUT2D eigenvalue weighted by Crippen LogP contribution is 2.35. The number of nitrogen functional groups attached to an aromatic ring is 1. The molecule has 3 heteroatoms. The quantitative estimate of drug-likeness (QED) is 0.781. The number of nitrogens with zero attached hydrogens (tertiary/aromatic N) is 1. The fraction of sp³-hybridized carbons (Fsp3) is 0.545. The molecule has 0 radical (unpaired) electrons. The second kappa shape index (κ2) is 3.58. The number of hydrogen-bond acceptors (Lipinski definition) is 3. The zero-order valence-corrected chi connectivity index (χ0v) is 8.66. The van der Waals surface area contributed by atoms with Crippen LogP contribution < -0.4 is 5.73 Å². The Morgan fingerprint density at radius 3 is 2.79 bits per heavy atom. The van der Waals surface area contributed by atoms with E-state index >= 15 is 0 Å². The monoisotopic (exact) mass is 192 g/mol. The molecule has 1 saturated heterocycles. The summed E-state index contributed by atoms with van der Waals surface area (Å²) >= 11 is 0. The summed E-state index contributed by atoms with van der Waals surface area (Å²) in [4.78, 5) is 4.30. The zero-order chi connectivity index (χ0) is 10.1. The van der Waals surface area contributed by atoms with Gasteiger partial charge in [-0.3, -0.25) is 4.98 Å². The normalized spacial score (nSPS) is 20.9. The van der Waals surface area contributed by atoms with Gasteiger partial charge < -0.3 is 10.5 Å². The summed E-state index contributed by atoms with van der Waals surface area (Å²) in [5, 5.41) is 0. The molecule has 2 rings (SSSR count). The van der Waals surface area contributed by atoms with Crippen LogP contribution in [0.3, 0.4) is 0 Å². The maximum absolute atomic E-state index is 6.05. The van der Waals surface area contributed by atoms with E-state index in [9.17, 15) is 0 Å². The van der Waals surface area contributed by atoms with Gasteiger partial charge in [-0.25, -0.2) is 0 Å². The minimum absolute atomic E-state index is 0.204. The Bertz CT molecular complexity index is 332. The summed E-state index contributed by atoms with van der Waals surface area (Å²) in [6.45, 7) is 5.05. The van der Waals surface area contributed by atoms with E-state index in [2.05, 4.69) is 18.8 Å². The summed E-state index contributed by atoms with van der Waals surface area (Å²) < 4.78 is 5.42. The first-order valence-corrected chi connectivity index (χ1v) is 5.06. The predicted octanol–water partition coefficient (Wildman–Crippen LogP) is 2.25. The van der Waals surface area contributed by atoms with Gasteiger partial charge in [0.1, 0.15) is 0 Å². The number of anilines is 1. The van der Waals surface area contributed by atoms with Gasteiger partial charge >= 0.3 is 0 Å². The second-order valence-corrected chi connectivity index (χ2v) is 4.00. The highest BCUT2D eigenvalue weighted by molar-refractivity contribution is 5.53. The zero-order valence-electron chi connectivity index (χ0n) is 8.66. The Labute approximate surface area is 84.3 Å². The van der Waals surface area contributed by atoms with Gasteiger partial charge in [0.15, 0.2) is 0 Å². The molecule has 0 amide bonds. The van der Waals surface area contributed by atoms with Crippen molar-refractivity contribution in [3.63, 3.8) is 0 Å². The lowest BCUT2D eigenvalue weighted by Crippen LogP contribution is -2.20. The number of aromatic nitrogens is 1. The van der Waals surface area contributed by atoms with Crippen LogP contribution in [0, 0.1) is 0 Å². The highest BCUT2D eigenvalue weighted by Gasteiger charge is 2.24. The lowest BCUT2D eigenvalue weighted by molar-refractivity contribution is -0.0523. The van der Waals surface area contributed by atoms with E-state index in [1.165, 1.54) is 0 Å². The minimum atomic E-state index is 0.204. The van der Waals surface area contributed by atoms with Crippen molar-refractivity contribution in [2.24, 2.45) is 0 Å². The van der Waals surface area contributed by atoms with Gasteiger partial charge in [-0.2, -0.15) is 0 Å². The van der Waals surface area contributed by atoms with Crippen LogP contribution in [0.15, 0.2) is 12.3 Å².